The Bertz CT molecular complexity index is 388. The smallest absolute Gasteiger partial charge is 0.334 e. The van der Waals surface area contributed by atoms with Crippen molar-refractivity contribution >= 4 is 14.3 Å². The number of hydrogen-bond donors (Lipinski definition) is 0. The van der Waals surface area contributed by atoms with E-state index in [1.165, 1.54) is 7.11 Å². The van der Waals surface area contributed by atoms with Crippen molar-refractivity contribution in [2.75, 3.05) is 13.7 Å². The van der Waals surface area contributed by atoms with Gasteiger partial charge in [-0.15, -0.1) is 0 Å². The first kappa shape index (κ1) is 17.0. The Hall–Kier alpha value is -0.393. The Kier molecular flexibility index (Phi) is 4.86. The molecule has 0 aromatic carbocycles. The topological polar surface area (TPSA) is 44.8 Å². The number of carbonyl (C=O) groups is 1. The fourth-order valence-electron chi connectivity index (χ4n) is 3.13. The summed E-state index contributed by atoms with van der Waals surface area (Å²) < 4.78 is 17.1. The van der Waals surface area contributed by atoms with Crippen LogP contribution < -0.4 is 0 Å². The van der Waals surface area contributed by atoms with Crippen molar-refractivity contribution in [3.8, 4) is 0 Å². The number of methoxy groups -OCH3 is 1. The minimum atomic E-state index is -1.71. The molecule has 4 atom stereocenters. The third kappa shape index (κ3) is 3.51. The van der Waals surface area contributed by atoms with Crippen LogP contribution in [0.25, 0.3) is 0 Å². The second-order valence-electron chi connectivity index (χ2n) is 8.02. The van der Waals surface area contributed by atoms with Crippen LogP contribution in [0.4, 0.5) is 0 Å². The van der Waals surface area contributed by atoms with E-state index in [1.807, 2.05) is 0 Å². The summed E-state index contributed by atoms with van der Waals surface area (Å²) in [5, 5.41) is 0.232. The van der Waals surface area contributed by atoms with Crippen LogP contribution in [0.15, 0.2) is 0 Å². The molecule has 122 valence electrons. The van der Waals surface area contributed by atoms with Crippen LogP contribution >= 0.6 is 0 Å². The van der Waals surface area contributed by atoms with Crippen LogP contribution in [0, 0.1) is 11.8 Å². The Balaban J connectivity index is 1.90. The average Bonchev–Trinajstić information content (AvgIpc) is 2.94. The molecule has 2 rings (SSSR count). The Morgan fingerprint density at radius 1 is 1.29 bits per heavy atom. The van der Waals surface area contributed by atoms with Crippen LogP contribution in [0.5, 0.6) is 0 Å². The Labute approximate surface area is 129 Å². The molecule has 0 spiro atoms. The van der Waals surface area contributed by atoms with E-state index in [9.17, 15) is 4.79 Å². The number of rotatable bonds is 4. The van der Waals surface area contributed by atoms with Crippen molar-refractivity contribution in [2.24, 2.45) is 11.8 Å². The van der Waals surface area contributed by atoms with Gasteiger partial charge in [-0.3, -0.25) is 0 Å². The van der Waals surface area contributed by atoms with E-state index in [4.69, 9.17) is 13.9 Å². The van der Waals surface area contributed by atoms with E-state index < -0.39 is 8.32 Å². The van der Waals surface area contributed by atoms with Gasteiger partial charge < -0.3 is 13.9 Å². The number of hydrogen-bond acceptors (Lipinski definition) is 4. The molecule has 21 heavy (non-hydrogen) atoms. The zero-order chi connectivity index (χ0) is 15.8. The van der Waals surface area contributed by atoms with Gasteiger partial charge in [-0.2, -0.15) is 0 Å². The lowest BCUT2D eigenvalue weighted by Gasteiger charge is -2.37. The number of esters is 1. The monoisotopic (exact) mass is 314 g/mol. The molecule has 1 saturated carbocycles. The predicted octanol–water partition coefficient (Wildman–Crippen LogP) is 3.36. The van der Waals surface area contributed by atoms with Crippen LogP contribution in [0.2, 0.25) is 18.1 Å². The predicted molar refractivity (Wildman–Crippen MR) is 84.7 cm³/mol. The van der Waals surface area contributed by atoms with Crippen LogP contribution in [0.1, 0.15) is 40.0 Å². The van der Waals surface area contributed by atoms with Crippen molar-refractivity contribution in [1.29, 1.82) is 0 Å². The van der Waals surface area contributed by atoms with Gasteiger partial charge in [0.05, 0.1) is 13.2 Å². The standard InChI is InChI=1S/C16H30O4Si/c1-16(2,3)21(5,6)19-10-12-8-7-11-9-13(15(17)18-4)20-14(11)12/h11-14H,7-10H2,1-6H3/t11-,12-,13+,14+/m0/s1. The molecule has 1 aliphatic heterocycles. The highest BCUT2D eigenvalue weighted by Gasteiger charge is 2.48. The lowest BCUT2D eigenvalue weighted by molar-refractivity contribution is -0.154. The molecule has 0 bridgehead atoms. The van der Waals surface area contributed by atoms with Gasteiger partial charge >= 0.3 is 5.97 Å². The van der Waals surface area contributed by atoms with E-state index in [0.29, 0.717) is 11.8 Å². The summed E-state index contributed by atoms with van der Waals surface area (Å²) in [4.78, 5) is 11.6. The average molecular weight is 314 g/mol. The summed E-state index contributed by atoms with van der Waals surface area (Å²) in [6.07, 6.45) is 2.93. The summed E-state index contributed by atoms with van der Waals surface area (Å²) in [5.74, 6) is 0.703. The summed E-state index contributed by atoms with van der Waals surface area (Å²) >= 11 is 0. The minimum Gasteiger partial charge on any atom is -0.467 e. The number of fused-ring (bicyclic) bond motifs is 1. The van der Waals surface area contributed by atoms with E-state index in [2.05, 4.69) is 33.9 Å². The maximum absolute atomic E-state index is 11.6. The zero-order valence-electron chi connectivity index (χ0n) is 14.3. The molecule has 0 unspecified atom stereocenters. The van der Waals surface area contributed by atoms with Gasteiger partial charge in [0.25, 0.3) is 0 Å². The van der Waals surface area contributed by atoms with Crippen LogP contribution in [-0.4, -0.2) is 40.2 Å². The molecule has 1 saturated heterocycles. The van der Waals surface area contributed by atoms with Crippen LogP contribution in [0.3, 0.4) is 0 Å². The Morgan fingerprint density at radius 3 is 2.52 bits per heavy atom. The summed E-state index contributed by atoms with van der Waals surface area (Å²) in [5.41, 5.74) is 0. The van der Waals surface area contributed by atoms with E-state index >= 15 is 0 Å². The van der Waals surface area contributed by atoms with E-state index in [-0.39, 0.29) is 23.2 Å². The van der Waals surface area contributed by atoms with Gasteiger partial charge in [0.1, 0.15) is 0 Å². The highest BCUT2D eigenvalue weighted by atomic mass is 28.4. The fourth-order valence-corrected chi connectivity index (χ4v) is 4.19. The van der Waals surface area contributed by atoms with Crippen molar-refractivity contribution in [1.82, 2.24) is 0 Å². The quantitative estimate of drug-likeness (QED) is 0.589. The minimum absolute atomic E-state index is 0.180. The summed E-state index contributed by atoms with van der Waals surface area (Å²) in [7, 11) is -0.281. The maximum Gasteiger partial charge on any atom is 0.334 e. The molecular formula is C16H30O4Si. The molecule has 2 aliphatic rings. The molecular weight excluding hydrogens is 284 g/mol. The molecule has 0 N–H and O–H groups in total. The third-order valence-corrected chi connectivity index (χ3v) is 10.1. The largest absolute Gasteiger partial charge is 0.467 e. The molecule has 0 aromatic heterocycles. The van der Waals surface area contributed by atoms with Gasteiger partial charge in [0, 0.05) is 12.5 Å². The molecule has 4 nitrogen and oxygen atoms in total. The highest BCUT2D eigenvalue weighted by Crippen LogP contribution is 2.44. The fraction of sp³-hybridized carbons (Fsp3) is 0.938. The van der Waals surface area contributed by atoms with Gasteiger partial charge in [-0.05, 0) is 43.3 Å². The molecule has 2 fully saturated rings. The van der Waals surface area contributed by atoms with E-state index in [0.717, 1.165) is 25.9 Å². The van der Waals surface area contributed by atoms with Gasteiger partial charge in [0.2, 0.25) is 0 Å². The van der Waals surface area contributed by atoms with Gasteiger partial charge in [-0.1, -0.05) is 20.8 Å². The summed E-state index contributed by atoms with van der Waals surface area (Å²) in [6.45, 7) is 12.1. The van der Waals surface area contributed by atoms with Crippen molar-refractivity contribution < 1.29 is 18.7 Å². The zero-order valence-corrected chi connectivity index (χ0v) is 15.3. The van der Waals surface area contributed by atoms with Gasteiger partial charge in [-0.25, -0.2) is 4.79 Å². The van der Waals surface area contributed by atoms with Crippen molar-refractivity contribution in [3.63, 3.8) is 0 Å². The molecule has 0 aromatic rings. The first-order valence-corrected chi connectivity index (χ1v) is 10.9. The van der Waals surface area contributed by atoms with Crippen molar-refractivity contribution in [2.45, 2.75) is 70.4 Å². The third-order valence-electron chi connectivity index (χ3n) is 5.60. The molecule has 0 radical (unpaired) electrons. The molecule has 5 heteroatoms. The van der Waals surface area contributed by atoms with Crippen molar-refractivity contribution in [3.05, 3.63) is 0 Å². The second-order valence-corrected chi connectivity index (χ2v) is 12.8. The van der Waals surface area contributed by atoms with E-state index in [1.54, 1.807) is 0 Å². The molecule has 1 heterocycles. The molecule has 0 amide bonds. The Morgan fingerprint density at radius 2 is 1.95 bits per heavy atom. The summed E-state index contributed by atoms with van der Waals surface area (Å²) in [6, 6.07) is 0. The maximum atomic E-state index is 11.6. The molecule has 1 aliphatic carbocycles. The first-order valence-electron chi connectivity index (χ1n) is 8.03. The SMILES string of the molecule is COC(=O)[C@H]1C[C@@H]2CC[C@@H](CO[Si](C)(C)C(C)(C)C)[C@@H]2O1. The number of ether oxygens (including phenoxy) is 2. The highest BCUT2D eigenvalue weighted by molar-refractivity contribution is 6.74. The second kappa shape index (κ2) is 6.01. The van der Waals surface area contributed by atoms with Crippen LogP contribution in [-0.2, 0) is 18.7 Å². The normalized spacial score (nSPS) is 33.0. The number of carbonyl (C=O) groups excluding carboxylic acids is 1. The first-order chi connectivity index (χ1) is 9.65. The lowest BCUT2D eigenvalue weighted by Crippen LogP contribution is -2.42. The lowest BCUT2D eigenvalue weighted by atomic mass is 10.00. The van der Waals surface area contributed by atoms with Gasteiger partial charge in [0.15, 0.2) is 14.4 Å².